The van der Waals surface area contributed by atoms with Crippen LogP contribution in [-0.2, 0) is 4.79 Å². The van der Waals surface area contributed by atoms with Gasteiger partial charge in [-0.2, -0.15) is 5.26 Å². The van der Waals surface area contributed by atoms with E-state index in [2.05, 4.69) is 22.6 Å². The van der Waals surface area contributed by atoms with Gasteiger partial charge in [0.25, 0.3) is 0 Å². The van der Waals surface area contributed by atoms with Crippen molar-refractivity contribution in [3.63, 3.8) is 0 Å². The molecular weight excluding hydrogens is 265 g/mol. The Morgan fingerprint density at radius 2 is 2.33 bits per heavy atom. The maximum Gasteiger partial charge on any atom is 0.232 e. The third-order valence-corrected chi connectivity index (χ3v) is 3.45. The van der Waals surface area contributed by atoms with Gasteiger partial charge >= 0.3 is 0 Å². The fourth-order valence-electron chi connectivity index (χ4n) is 1.72. The summed E-state index contributed by atoms with van der Waals surface area (Å²) < 4.78 is 0.716. The largest absolute Gasteiger partial charge is 0.283 e. The monoisotopic (exact) mass is 277 g/mol. The van der Waals surface area contributed by atoms with Gasteiger partial charge in [-0.15, -0.1) is 0 Å². The van der Waals surface area contributed by atoms with Gasteiger partial charge in [0.2, 0.25) is 5.78 Å². The van der Waals surface area contributed by atoms with E-state index in [0.717, 1.165) is 12.8 Å². The average Bonchev–Trinajstić information content (AvgIpc) is 2.04. The van der Waals surface area contributed by atoms with Crippen LogP contribution in [0.5, 0.6) is 0 Å². The molecule has 3 heteroatoms. The normalized spacial score (nSPS) is 29.3. The molecule has 0 bridgehead atoms. The molecule has 0 radical (unpaired) electrons. The van der Waals surface area contributed by atoms with E-state index in [4.69, 9.17) is 5.26 Å². The molecule has 0 spiro atoms. The summed E-state index contributed by atoms with van der Waals surface area (Å²) >= 11 is 2.44. The van der Waals surface area contributed by atoms with Crippen molar-refractivity contribution in [2.24, 2.45) is 5.92 Å². The Balaban J connectivity index is 2.33. The van der Waals surface area contributed by atoms with Crippen LogP contribution in [0, 0.1) is 17.2 Å². The van der Waals surface area contributed by atoms with E-state index in [1.165, 1.54) is 12.8 Å². The van der Waals surface area contributed by atoms with Crippen LogP contribution in [0.4, 0.5) is 0 Å². The number of nitriles is 1. The molecule has 0 aliphatic heterocycles. The van der Waals surface area contributed by atoms with Gasteiger partial charge in [0.1, 0.15) is 6.07 Å². The van der Waals surface area contributed by atoms with Crippen LogP contribution in [0.2, 0.25) is 0 Å². The van der Waals surface area contributed by atoms with Gasteiger partial charge in [-0.1, -0.05) is 29.0 Å². The third-order valence-electron chi connectivity index (χ3n) is 2.32. The summed E-state index contributed by atoms with van der Waals surface area (Å²) in [4.78, 5) is 10.8. The second kappa shape index (κ2) is 4.80. The standard InChI is InChI=1S/C9H12INO/c10-8-3-1-2-7(4-8)5-9(12)6-11/h7-8H,1-5H2. The third kappa shape index (κ3) is 3.10. The molecule has 1 fully saturated rings. The van der Waals surface area contributed by atoms with Gasteiger partial charge in [0, 0.05) is 10.3 Å². The highest BCUT2D eigenvalue weighted by Crippen LogP contribution is 2.31. The van der Waals surface area contributed by atoms with E-state index in [9.17, 15) is 4.79 Å². The highest BCUT2D eigenvalue weighted by molar-refractivity contribution is 14.1. The van der Waals surface area contributed by atoms with Crippen molar-refractivity contribution >= 4 is 28.4 Å². The van der Waals surface area contributed by atoms with Crippen molar-refractivity contribution in [1.29, 1.82) is 5.26 Å². The fourth-order valence-corrected chi connectivity index (χ4v) is 2.88. The molecule has 1 aliphatic rings. The molecule has 2 unspecified atom stereocenters. The number of ketones is 1. The Morgan fingerprint density at radius 1 is 1.58 bits per heavy atom. The van der Waals surface area contributed by atoms with Crippen molar-refractivity contribution in [2.75, 3.05) is 0 Å². The van der Waals surface area contributed by atoms with Crippen molar-refractivity contribution < 1.29 is 4.79 Å². The molecular formula is C9H12INO. The van der Waals surface area contributed by atoms with Crippen molar-refractivity contribution in [3.8, 4) is 6.07 Å². The fraction of sp³-hybridized carbons (Fsp3) is 0.778. The van der Waals surface area contributed by atoms with Gasteiger partial charge < -0.3 is 0 Å². The molecule has 2 nitrogen and oxygen atoms in total. The lowest BCUT2D eigenvalue weighted by Crippen LogP contribution is -2.17. The summed E-state index contributed by atoms with van der Waals surface area (Å²) in [6, 6.07) is 1.69. The first kappa shape index (κ1) is 9.97. The predicted octanol–water partition coefficient (Wildman–Crippen LogP) is 2.46. The van der Waals surface area contributed by atoms with Crippen LogP contribution in [0.1, 0.15) is 32.1 Å². The molecule has 0 aromatic heterocycles. The molecule has 12 heavy (non-hydrogen) atoms. The Kier molecular flexibility index (Phi) is 3.99. The van der Waals surface area contributed by atoms with E-state index in [-0.39, 0.29) is 5.78 Å². The molecule has 1 saturated carbocycles. The summed E-state index contributed by atoms with van der Waals surface area (Å²) in [6.45, 7) is 0. The zero-order chi connectivity index (χ0) is 8.97. The highest BCUT2D eigenvalue weighted by Gasteiger charge is 2.21. The minimum Gasteiger partial charge on any atom is -0.283 e. The number of nitrogens with zero attached hydrogens (tertiary/aromatic N) is 1. The number of rotatable bonds is 2. The molecule has 66 valence electrons. The highest BCUT2D eigenvalue weighted by atomic mass is 127. The van der Waals surface area contributed by atoms with Crippen molar-refractivity contribution in [1.82, 2.24) is 0 Å². The van der Waals surface area contributed by atoms with Crippen LogP contribution < -0.4 is 0 Å². The Hall–Kier alpha value is -0.110. The van der Waals surface area contributed by atoms with Gasteiger partial charge in [-0.05, 0) is 25.2 Å². The zero-order valence-corrected chi connectivity index (χ0v) is 9.08. The van der Waals surface area contributed by atoms with Crippen LogP contribution >= 0.6 is 22.6 Å². The summed E-state index contributed by atoms with van der Waals surface area (Å²) in [5, 5.41) is 8.33. The van der Waals surface area contributed by atoms with Crippen molar-refractivity contribution in [2.45, 2.75) is 36.0 Å². The lowest BCUT2D eigenvalue weighted by Gasteiger charge is -2.24. The Labute approximate surface area is 86.5 Å². The second-order valence-corrected chi connectivity index (χ2v) is 5.13. The maximum absolute atomic E-state index is 10.8. The van der Waals surface area contributed by atoms with Crippen LogP contribution in [0.25, 0.3) is 0 Å². The smallest absolute Gasteiger partial charge is 0.232 e. The Morgan fingerprint density at radius 3 is 2.92 bits per heavy atom. The molecule has 0 amide bonds. The van der Waals surface area contributed by atoms with Crippen LogP contribution in [0.3, 0.4) is 0 Å². The topological polar surface area (TPSA) is 40.9 Å². The number of Topliss-reactive ketones (excluding diaryl/α,β-unsaturated/α-hetero) is 1. The number of carbonyl (C=O) groups excluding carboxylic acids is 1. The molecule has 2 atom stereocenters. The van der Waals surface area contributed by atoms with Gasteiger partial charge in [0.05, 0.1) is 0 Å². The number of alkyl halides is 1. The zero-order valence-electron chi connectivity index (χ0n) is 6.92. The lowest BCUT2D eigenvalue weighted by molar-refractivity contribution is -0.115. The summed E-state index contributed by atoms with van der Waals surface area (Å²) in [5.41, 5.74) is 0. The quantitative estimate of drug-likeness (QED) is 0.442. The molecule has 0 saturated heterocycles. The first-order valence-corrected chi connectivity index (χ1v) is 5.54. The minimum absolute atomic E-state index is 0.245. The molecule has 0 N–H and O–H groups in total. The number of hydrogen-bond acceptors (Lipinski definition) is 2. The van der Waals surface area contributed by atoms with Crippen molar-refractivity contribution in [3.05, 3.63) is 0 Å². The van der Waals surface area contributed by atoms with Crippen LogP contribution in [-0.4, -0.2) is 9.71 Å². The predicted molar refractivity (Wildman–Crippen MR) is 55.0 cm³/mol. The summed E-state index contributed by atoms with van der Waals surface area (Å²) in [7, 11) is 0. The number of halogens is 1. The molecule has 0 aromatic carbocycles. The maximum atomic E-state index is 10.8. The molecule has 0 heterocycles. The molecule has 0 aromatic rings. The van der Waals surface area contributed by atoms with E-state index >= 15 is 0 Å². The van der Waals surface area contributed by atoms with Gasteiger partial charge in [0.15, 0.2) is 0 Å². The second-order valence-electron chi connectivity index (χ2n) is 3.37. The SMILES string of the molecule is N#CC(=O)CC1CCCC(I)C1. The van der Waals surface area contributed by atoms with Gasteiger partial charge in [-0.3, -0.25) is 4.79 Å². The average molecular weight is 277 g/mol. The summed E-state index contributed by atoms with van der Waals surface area (Å²) in [5.74, 6) is 0.235. The lowest BCUT2D eigenvalue weighted by atomic mass is 9.86. The first-order chi connectivity index (χ1) is 5.72. The van der Waals surface area contributed by atoms with E-state index in [1.807, 2.05) is 0 Å². The minimum atomic E-state index is -0.245. The summed E-state index contributed by atoms with van der Waals surface area (Å²) in [6.07, 6.45) is 5.23. The molecule has 1 rings (SSSR count). The van der Waals surface area contributed by atoms with Crippen LogP contribution in [0.15, 0.2) is 0 Å². The van der Waals surface area contributed by atoms with Gasteiger partial charge in [-0.25, -0.2) is 0 Å². The van der Waals surface area contributed by atoms with E-state index in [0.29, 0.717) is 16.3 Å². The Bertz CT molecular complexity index is 209. The number of carbonyl (C=O) groups is 1. The van der Waals surface area contributed by atoms with E-state index < -0.39 is 0 Å². The molecule has 1 aliphatic carbocycles. The van der Waals surface area contributed by atoms with E-state index in [1.54, 1.807) is 6.07 Å². The first-order valence-electron chi connectivity index (χ1n) is 4.29. The number of hydrogen-bond donors (Lipinski definition) is 0.